The number of hydrogen-bond acceptors (Lipinski definition) is 3. The average Bonchev–Trinajstić information content (AvgIpc) is 2.22. The standard InChI is InChI=1S/C12H26N2S/c1-5-6-10(2)12(13-3)11-9-15-8-7-14(11)4/h10-13H,5-9H2,1-4H3. The summed E-state index contributed by atoms with van der Waals surface area (Å²) < 4.78 is 0. The molecule has 1 heterocycles. The van der Waals surface area contributed by atoms with Crippen molar-refractivity contribution in [3.8, 4) is 0 Å². The normalized spacial score (nSPS) is 27.6. The zero-order valence-corrected chi connectivity index (χ0v) is 11.4. The van der Waals surface area contributed by atoms with Gasteiger partial charge in [0.1, 0.15) is 0 Å². The molecule has 3 atom stereocenters. The highest BCUT2D eigenvalue weighted by Gasteiger charge is 2.30. The third kappa shape index (κ3) is 3.65. The first kappa shape index (κ1) is 13.3. The van der Waals surface area contributed by atoms with Gasteiger partial charge in [-0.1, -0.05) is 20.3 Å². The fourth-order valence-electron chi connectivity index (χ4n) is 2.57. The van der Waals surface area contributed by atoms with E-state index in [2.05, 4.69) is 49.9 Å². The number of nitrogens with one attached hydrogen (secondary N) is 1. The Labute approximate surface area is 99.2 Å². The summed E-state index contributed by atoms with van der Waals surface area (Å²) in [5.41, 5.74) is 0. The Balaban J connectivity index is 2.54. The fraction of sp³-hybridized carbons (Fsp3) is 1.00. The smallest absolute Gasteiger partial charge is 0.0339 e. The Morgan fingerprint density at radius 1 is 1.53 bits per heavy atom. The highest BCUT2D eigenvalue weighted by molar-refractivity contribution is 7.99. The van der Waals surface area contributed by atoms with E-state index >= 15 is 0 Å². The maximum atomic E-state index is 3.53. The fourth-order valence-corrected chi connectivity index (χ4v) is 3.86. The van der Waals surface area contributed by atoms with E-state index in [1.54, 1.807) is 0 Å². The van der Waals surface area contributed by atoms with E-state index < -0.39 is 0 Å². The van der Waals surface area contributed by atoms with Crippen LogP contribution in [0.1, 0.15) is 26.7 Å². The monoisotopic (exact) mass is 230 g/mol. The minimum Gasteiger partial charge on any atom is -0.315 e. The molecule has 0 saturated carbocycles. The summed E-state index contributed by atoms with van der Waals surface area (Å²) in [5.74, 6) is 3.37. The quantitative estimate of drug-likeness (QED) is 0.778. The molecule has 90 valence electrons. The molecule has 1 N–H and O–H groups in total. The van der Waals surface area contributed by atoms with Gasteiger partial charge in [0, 0.05) is 30.1 Å². The summed E-state index contributed by atoms with van der Waals surface area (Å²) in [7, 11) is 4.39. The summed E-state index contributed by atoms with van der Waals surface area (Å²) in [6.07, 6.45) is 2.63. The Hall–Kier alpha value is 0.270. The summed E-state index contributed by atoms with van der Waals surface area (Å²) in [6, 6.07) is 1.37. The molecule has 0 aromatic heterocycles. The van der Waals surface area contributed by atoms with Crippen LogP contribution in [0.4, 0.5) is 0 Å². The van der Waals surface area contributed by atoms with Gasteiger partial charge in [0.2, 0.25) is 0 Å². The molecule has 0 aromatic carbocycles. The molecule has 0 aliphatic carbocycles. The van der Waals surface area contributed by atoms with Gasteiger partial charge in [-0.05, 0) is 26.4 Å². The number of nitrogens with zero attached hydrogens (tertiary/aromatic N) is 1. The molecule has 1 rings (SSSR count). The maximum Gasteiger partial charge on any atom is 0.0339 e. The molecule has 0 aromatic rings. The Morgan fingerprint density at radius 2 is 2.27 bits per heavy atom. The average molecular weight is 230 g/mol. The molecule has 3 unspecified atom stereocenters. The second-order valence-electron chi connectivity index (χ2n) is 4.70. The molecule has 2 nitrogen and oxygen atoms in total. The van der Waals surface area contributed by atoms with Crippen molar-refractivity contribution in [3.63, 3.8) is 0 Å². The van der Waals surface area contributed by atoms with Crippen LogP contribution in [0.15, 0.2) is 0 Å². The molecule has 1 aliphatic heterocycles. The lowest BCUT2D eigenvalue weighted by molar-refractivity contribution is 0.180. The van der Waals surface area contributed by atoms with Crippen LogP contribution in [0.2, 0.25) is 0 Å². The minimum absolute atomic E-state index is 0.655. The molecule has 0 bridgehead atoms. The van der Waals surface area contributed by atoms with Gasteiger partial charge in [0.05, 0.1) is 0 Å². The van der Waals surface area contributed by atoms with Crippen LogP contribution in [-0.4, -0.2) is 49.1 Å². The first-order valence-electron chi connectivity index (χ1n) is 6.16. The van der Waals surface area contributed by atoms with Crippen LogP contribution in [0.3, 0.4) is 0 Å². The van der Waals surface area contributed by atoms with Crippen molar-refractivity contribution in [2.24, 2.45) is 5.92 Å². The summed E-state index contributed by atoms with van der Waals surface area (Å²) in [6.45, 7) is 5.91. The molecule has 0 amide bonds. The third-order valence-electron chi connectivity index (χ3n) is 3.55. The zero-order chi connectivity index (χ0) is 11.3. The van der Waals surface area contributed by atoms with Crippen molar-refractivity contribution in [1.82, 2.24) is 10.2 Å². The van der Waals surface area contributed by atoms with Crippen molar-refractivity contribution < 1.29 is 0 Å². The van der Waals surface area contributed by atoms with Crippen LogP contribution >= 0.6 is 11.8 Å². The van der Waals surface area contributed by atoms with Crippen LogP contribution in [0, 0.1) is 5.92 Å². The van der Waals surface area contributed by atoms with Crippen molar-refractivity contribution in [1.29, 1.82) is 0 Å². The van der Waals surface area contributed by atoms with E-state index in [1.165, 1.54) is 30.9 Å². The summed E-state index contributed by atoms with van der Waals surface area (Å²) in [4.78, 5) is 2.53. The zero-order valence-electron chi connectivity index (χ0n) is 10.6. The lowest BCUT2D eigenvalue weighted by Crippen LogP contribution is -2.54. The molecule has 15 heavy (non-hydrogen) atoms. The molecular formula is C12H26N2S. The highest BCUT2D eigenvalue weighted by Crippen LogP contribution is 2.23. The predicted molar refractivity (Wildman–Crippen MR) is 70.7 cm³/mol. The minimum atomic E-state index is 0.655. The maximum absolute atomic E-state index is 3.53. The van der Waals surface area contributed by atoms with E-state index in [4.69, 9.17) is 0 Å². The van der Waals surface area contributed by atoms with Gasteiger partial charge in [0.25, 0.3) is 0 Å². The largest absolute Gasteiger partial charge is 0.315 e. The van der Waals surface area contributed by atoms with Crippen LogP contribution in [0.5, 0.6) is 0 Å². The van der Waals surface area contributed by atoms with Crippen LogP contribution in [0.25, 0.3) is 0 Å². The molecule has 0 spiro atoms. The summed E-state index contributed by atoms with van der Waals surface area (Å²) >= 11 is 2.10. The van der Waals surface area contributed by atoms with E-state index in [0.717, 1.165) is 12.0 Å². The van der Waals surface area contributed by atoms with Gasteiger partial charge in [0.15, 0.2) is 0 Å². The highest BCUT2D eigenvalue weighted by atomic mass is 32.2. The third-order valence-corrected chi connectivity index (χ3v) is 4.60. The Bertz CT molecular complexity index is 175. The second kappa shape index (κ2) is 6.77. The van der Waals surface area contributed by atoms with Gasteiger partial charge in [-0.2, -0.15) is 11.8 Å². The van der Waals surface area contributed by atoms with E-state index in [9.17, 15) is 0 Å². The molecule has 1 fully saturated rings. The number of likely N-dealkylation sites (N-methyl/N-ethyl adjacent to an activating group) is 2. The van der Waals surface area contributed by atoms with Crippen molar-refractivity contribution in [2.75, 3.05) is 32.1 Å². The van der Waals surface area contributed by atoms with E-state index in [0.29, 0.717) is 6.04 Å². The second-order valence-corrected chi connectivity index (χ2v) is 5.85. The first-order valence-corrected chi connectivity index (χ1v) is 7.31. The summed E-state index contributed by atoms with van der Waals surface area (Å²) in [5, 5.41) is 3.53. The number of rotatable bonds is 5. The lowest BCUT2D eigenvalue weighted by Gasteiger charge is -2.40. The van der Waals surface area contributed by atoms with Gasteiger partial charge >= 0.3 is 0 Å². The SMILES string of the molecule is CCCC(C)C(NC)C1CSCCN1C. The van der Waals surface area contributed by atoms with Crippen molar-refractivity contribution in [2.45, 2.75) is 38.8 Å². The molecule has 0 radical (unpaired) electrons. The molecule has 3 heteroatoms. The van der Waals surface area contributed by atoms with Gasteiger partial charge in [-0.15, -0.1) is 0 Å². The van der Waals surface area contributed by atoms with Crippen LogP contribution in [-0.2, 0) is 0 Å². The van der Waals surface area contributed by atoms with E-state index in [1.807, 2.05) is 0 Å². The Kier molecular flexibility index (Phi) is 6.02. The number of hydrogen-bond donors (Lipinski definition) is 1. The van der Waals surface area contributed by atoms with Gasteiger partial charge < -0.3 is 10.2 Å². The predicted octanol–water partition coefficient (Wildman–Crippen LogP) is 2.06. The molecule has 1 saturated heterocycles. The lowest BCUT2D eigenvalue weighted by atomic mass is 9.91. The van der Waals surface area contributed by atoms with Gasteiger partial charge in [-0.3, -0.25) is 0 Å². The number of thioether (sulfide) groups is 1. The first-order chi connectivity index (χ1) is 7.20. The van der Waals surface area contributed by atoms with Crippen molar-refractivity contribution >= 4 is 11.8 Å². The Morgan fingerprint density at radius 3 is 2.80 bits per heavy atom. The van der Waals surface area contributed by atoms with Crippen molar-refractivity contribution in [3.05, 3.63) is 0 Å². The molecule has 1 aliphatic rings. The van der Waals surface area contributed by atoms with Gasteiger partial charge in [-0.25, -0.2) is 0 Å². The molecular weight excluding hydrogens is 204 g/mol. The van der Waals surface area contributed by atoms with E-state index in [-0.39, 0.29) is 0 Å². The topological polar surface area (TPSA) is 15.3 Å². The van der Waals surface area contributed by atoms with Crippen LogP contribution < -0.4 is 5.32 Å².